The van der Waals surface area contributed by atoms with E-state index in [1.165, 1.54) is 5.57 Å². The molecule has 3 fully saturated rings. The number of ketones is 1. The molecule has 22 heavy (non-hydrogen) atoms. The fourth-order valence-corrected chi connectivity index (χ4v) is 6.55. The Kier molecular flexibility index (Phi) is 3.15. The number of rotatable bonds is 0. The van der Waals surface area contributed by atoms with Gasteiger partial charge in [0.15, 0.2) is 12.0 Å². The average molecular weight is 306 g/mol. The molecule has 4 rings (SSSR count). The standard InChI is InChI=1S/C19H27FO2/c1-18-8-7-14-12(13(18)5-6-17(18)22)4-3-11-9-16(21)15(20)10-19(11,14)2/h9,12-15,17,22H,3-8,10H2,1-2H3/t12-,13+,14-,15+,17+,18-,19-/m0/s1. The van der Waals surface area contributed by atoms with E-state index in [2.05, 4.69) is 13.8 Å². The molecule has 7 atom stereocenters. The lowest BCUT2D eigenvalue weighted by Gasteiger charge is -2.57. The van der Waals surface area contributed by atoms with Gasteiger partial charge in [0.25, 0.3) is 0 Å². The van der Waals surface area contributed by atoms with Gasteiger partial charge in [0.2, 0.25) is 0 Å². The highest BCUT2D eigenvalue weighted by molar-refractivity contribution is 5.95. The van der Waals surface area contributed by atoms with Gasteiger partial charge in [-0.3, -0.25) is 4.79 Å². The van der Waals surface area contributed by atoms with Crippen LogP contribution in [0.5, 0.6) is 0 Å². The second-order valence-corrected chi connectivity index (χ2v) is 8.71. The van der Waals surface area contributed by atoms with E-state index in [9.17, 15) is 14.3 Å². The first-order valence-corrected chi connectivity index (χ1v) is 8.93. The quantitative estimate of drug-likeness (QED) is 0.738. The predicted molar refractivity (Wildman–Crippen MR) is 83.0 cm³/mol. The molecule has 1 N–H and O–H groups in total. The summed E-state index contributed by atoms with van der Waals surface area (Å²) in [5.41, 5.74) is 1.14. The van der Waals surface area contributed by atoms with E-state index in [1.807, 2.05) is 0 Å². The van der Waals surface area contributed by atoms with Crippen LogP contribution in [-0.4, -0.2) is 23.2 Å². The van der Waals surface area contributed by atoms with Crippen LogP contribution in [0.2, 0.25) is 0 Å². The summed E-state index contributed by atoms with van der Waals surface area (Å²) >= 11 is 0. The molecule has 2 nitrogen and oxygen atoms in total. The fourth-order valence-electron chi connectivity index (χ4n) is 6.55. The van der Waals surface area contributed by atoms with E-state index >= 15 is 0 Å². The molecule has 122 valence electrons. The largest absolute Gasteiger partial charge is 0.393 e. The Hall–Kier alpha value is -0.700. The van der Waals surface area contributed by atoms with Crippen LogP contribution < -0.4 is 0 Å². The molecule has 0 bridgehead atoms. The maximum Gasteiger partial charge on any atom is 0.189 e. The molecular weight excluding hydrogens is 279 g/mol. The van der Waals surface area contributed by atoms with E-state index in [0.717, 1.165) is 38.5 Å². The third-order valence-corrected chi connectivity index (χ3v) is 7.91. The van der Waals surface area contributed by atoms with Crippen LogP contribution in [0.3, 0.4) is 0 Å². The lowest BCUT2D eigenvalue weighted by atomic mass is 9.47. The van der Waals surface area contributed by atoms with Gasteiger partial charge in [-0.2, -0.15) is 0 Å². The van der Waals surface area contributed by atoms with E-state index in [-0.39, 0.29) is 22.7 Å². The zero-order valence-electron chi connectivity index (χ0n) is 13.6. The Morgan fingerprint density at radius 3 is 2.73 bits per heavy atom. The summed E-state index contributed by atoms with van der Waals surface area (Å²) in [6, 6.07) is 0. The number of fused-ring (bicyclic) bond motifs is 5. The van der Waals surface area contributed by atoms with Crippen molar-refractivity contribution in [1.82, 2.24) is 0 Å². The molecule has 0 aliphatic heterocycles. The van der Waals surface area contributed by atoms with Crippen molar-refractivity contribution in [1.29, 1.82) is 0 Å². The molecule has 0 amide bonds. The van der Waals surface area contributed by atoms with Gasteiger partial charge in [-0.05, 0) is 79.6 Å². The Morgan fingerprint density at radius 2 is 1.95 bits per heavy atom. The summed E-state index contributed by atoms with van der Waals surface area (Å²) in [7, 11) is 0. The number of allylic oxidation sites excluding steroid dienone is 1. The van der Waals surface area contributed by atoms with Gasteiger partial charge in [0, 0.05) is 0 Å². The van der Waals surface area contributed by atoms with Gasteiger partial charge >= 0.3 is 0 Å². The van der Waals surface area contributed by atoms with Crippen molar-refractivity contribution in [3.8, 4) is 0 Å². The van der Waals surface area contributed by atoms with Crippen molar-refractivity contribution in [2.45, 2.75) is 71.1 Å². The summed E-state index contributed by atoms with van der Waals surface area (Å²) in [6.45, 7) is 4.46. The van der Waals surface area contributed by atoms with Gasteiger partial charge in [-0.1, -0.05) is 19.4 Å². The number of aliphatic hydroxyl groups is 1. The monoisotopic (exact) mass is 306 g/mol. The molecule has 4 aliphatic carbocycles. The molecule has 0 unspecified atom stereocenters. The number of aliphatic hydroxyl groups excluding tert-OH is 1. The minimum Gasteiger partial charge on any atom is -0.393 e. The van der Waals surface area contributed by atoms with Crippen molar-refractivity contribution in [2.24, 2.45) is 28.6 Å². The van der Waals surface area contributed by atoms with Crippen LogP contribution in [-0.2, 0) is 4.79 Å². The highest BCUT2D eigenvalue weighted by Crippen LogP contribution is 2.65. The Morgan fingerprint density at radius 1 is 1.18 bits per heavy atom. The van der Waals surface area contributed by atoms with E-state index < -0.39 is 6.17 Å². The number of carbonyl (C=O) groups is 1. The summed E-state index contributed by atoms with van der Waals surface area (Å²) < 4.78 is 14.1. The van der Waals surface area contributed by atoms with Crippen LogP contribution in [0.1, 0.15) is 58.8 Å². The fraction of sp³-hybridized carbons (Fsp3) is 0.842. The topological polar surface area (TPSA) is 37.3 Å². The average Bonchev–Trinajstić information content (AvgIpc) is 2.77. The molecule has 0 aromatic rings. The second kappa shape index (κ2) is 4.66. The molecule has 0 heterocycles. The first kappa shape index (κ1) is 14.9. The van der Waals surface area contributed by atoms with Crippen molar-refractivity contribution >= 4 is 5.78 Å². The van der Waals surface area contributed by atoms with Crippen LogP contribution in [0.4, 0.5) is 4.39 Å². The van der Waals surface area contributed by atoms with Gasteiger partial charge < -0.3 is 5.11 Å². The van der Waals surface area contributed by atoms with Crippen LogP contribution >= 0.6 is 0 Å². The molecule has 4 aliphatic rings. The summed E-state index contributed by atoms with van der Waals surface area (Å²) in [4.78, 5) is 11.7. The molecule has 0 saturated heterocycles. The van der Waals surface area contributed by atoms with Gasteiger partial charge in [0.05, 0.1) is 6.10 Å². The van der Waals surface area contributed by atoms with Gasteiger partial charge in [0.1, 0.15) is 0 Å². The number of hydrogen-bond acceptors (Lipinski definition) is 2. The third kappa shape index (κ3) is 1.78. The summed E-state index contributed by atoms with van der Waals surface area (Å²) in [5, 5.41) is 10.4. The van der Waals surface area contributed by atoms with Gasteiger partial charge in [-0.25, -0.2) is 4.39 Å². The molecule has 3 saturated carbocycles. The van der Waals surface area contributed by atoms with Gasteiger partial charge in [-0.15, -0.1) is 0 Å². The highest BCUT2D eigenvalue weighted by Gasteiger charge is 2.59. The molecular formula is C19H27FO2. The molecule has 0 aromatic heterocycles. The minimum atomic E-state index is -1.31. The SMILES string of the molecule is C[C@]12CC[C@H]3[C@@H](CCC4=CC(=O)[C@H](F)C[C@@]43C)[C@H]1CC[C@H]2O. The molecule has 3 heteroatoms. The van der Waals surface area contributed by atoms with Crippen LogP contribution in [0.25, 0.3) is 0 Å². The summed E-state index contributed by atoms with van der Waals surface area (Å²) in [5.74, 6) is 1.35. The first-order chi connectivity index (χ1) is 10.4. The molecule has 0 aromatic carbocycles. The number of halogens is 1. The Balaban J connectivity index is 1.70. The Labute approximate surface area is 132 Å². The van der Waals surface area contributed by atoms with Crippen molar-refractivity contribution < 1.29 is 14.3 Å². The van der Waals surface area contributed by atoms with Crippen molar-refractivity contribution in [2.75, 3.05) is 0 Å². The predicted octanol–water partition coefficient (Wildman–Crippen LogP) is 3.83. The van der Waals surface area contributed by atoms with Crippen LogP contribution in [0, 0.1) is 28.6 Å². The van der Waals surface area contributed by atoms with Crippen molar-refractivity contribution in [3.63, 3.8) is 0 Å². The zero-order valence-corrected chi connectivity index (χ0v) is 13.6. The maximum atomic E-state index is 14.1. The Bertz CT molecular complexity index is 542. The first-order valence-electron chi connectivity index (χ1n) is 8.93. The van der Waals surface area contributed by atoms with E-state index in [4.69, 9.17) is 0 Å². The second-order valence-electron chi connectivity index (χ2n) is 8.71. The van der Waals surface area contributed by atoms with Crippen molar-refractivity contribution in [3.05, 3.63) is 11.6 Å². The lowest BCUT2D eigenvalue weighted by molar-refractivity contribution is -0.124. The van der Waals surface area contributed by atoms with E-state index in [0.29, 0.717) is 24.2 Å². The maximum absolute atomic E-state index is 14.1. The normalized spacial score (nSPS) is 54.3. The van der Waals surface area contributed by atoms with E-state index in [1.54, 1.807) is 6.08 Å². The smallest absolute Gasteiger partial charge is 0.189 e. The zero-order chi connectivity index (χ0) is 15.7. The lowest BCUT2D eigenvalue weighted by Crippen LogP contribution is -2.52. The third-order valence-electron chi connectivity index (χ3n) is 7.91. The molecule has 0 radical (unpaired) electrons. The summed E-state index contributed by atoms with van der Waals surface area (Å²) in [6.07, 6.45) is 6.76. The molecule has 0 spiro atoms. The minimum absolute atomic E-state index is 0.0678. The number of alkyl halides is 1. The number of carbonyl (C=O) groups excluding carboxylic acids is 1. The highest BCUT2D eigenvalue weighted by atomic mass is 19.1. The number of hydrogen-bond donors (Lipinski definition) is 1. The van der Waals surface area contributed by atoms with Crippen LogP contribution in [0.15, 0.2) is 11.6 Å².